The Hall–Kier alpha value is -4.14. The van der Waals surface area contributed by atoms with E-state index in [0.29, 0.717) is 28.2 Å². The number of fused-ring (bicyclic) bond motifs is 1. The summed E-state index contributed by atoms with van der Waals surface area (Å²) in [6.07, 6.45) is 1.60. The first-order valence-corrected chi connectivity index (χ1v) is 11.3. The fourth-order valence-corrected chi connectivity index (χ4v) is 3.89. The van der Waals surface area contributed by atoms with Crippen LogP contribution in [0, 0.1) is 13.8 Å². The number of hydrogen-bond acceptors (Lipinski definition) is 7. The summed E-state index contributed by atoms with van der Waals surface area (Å²) in [6.45, 7) is 7.50. The van der Waals surface area contributed by atoms with Gasteiger partial charge < -0.3 is 19.2 Å². The number of rotatable bonds is 8. The molecule has 0 aliphatic carbocycles. The molecule has 1 amide bonds. The van der Waals surface area contributed by atoms with Crippen LogP contribution in [0.2, 0.25) is 0 Å². The lowest BCUT2D eigenvalue weighted by molar-refractivity contribution is -0.124. The Kier molecular flexibility index (Phi) is 6.86. The first kappa shape index (κ1) is 24.0. The minimum atomic E-state index is -0.632. The van der Waals surface area contributed by atoms with Crippen LogP contribution in [0.1, 0.15) is 47.3 Å². The number of furan rings is 1. The Bertz CT molecular complexity index is 1390. The largest absolute Gasteiger partial charge is 0.496 e. The lowest BCUT2D eigenvalue weighted by atomic mass is 10.1. The van der Waals surface area contributed by atoms with Gasteiger partial charge in [0.25, 0.3) is 5.91 Å². The van der Waals surface area contributed by atoms with Crippen molar-refractivity contribution in [3.8, 4) is 17.0 Å². The van der Waals surface area contributed by atoms with E-state index < -0.39 is 18.5 Å². The summed E-state index contributed by atoms with van der Waals surface area (Å²) in [7, 11) is 1.57. The number of nitrogens with one attached hydrogen (secondary N) is 1. The van der Waals surface area contributed by atoms with Crippen molar-refractivity contribution >= 4 is 22.9 Å². The quantitative estimate of drug-likeness (QED) is 0.376. The standard InChI is InChI=1S/C26H28N4O5/c1-15(2)30-25-21(13-28-30)20(11-22(29-25)19-10-16(3)35-17(19)4)26(32)34-14-24(31)27-12-18-8-6-7-9-23(18)33-5/h6-11,13,15H,12,14H2,1-5H3,(H,27,31). The number of esters is 1. The summed E-state index contributed by atoms with van der Waals surface area (Å²) in [4.78, 5) is 30.2. The van der Waals surface area contributed by atoms with Gasteiger partial charge in [0.15, 0.2) is 12.3 Å². The summed E-state index contributed by atoms with van der Waals surface area (Å²) in [6, 6.07) is 10.9. The van der Waals surface area contributed by atoms with Crippen LogP contribution in [-0.2, 0) is 16.1 Å². The summed E-state index contributed by atoms with van der Waals surface area (Å²) >= 11 is 0. The average molecular weight is 477 g/mol. The number of hydrogen-bond donors (Lipinski definition) is 1. The van der Waals surface area contributed by atoms with Gasteiger partial charge in [0.1, 0.15) is 17.3 Å². The van der Waals surface area contributed by atoms with Crippen LogP contribution in [0.4, 0.5) is 0 Å². The van der Waals surface area contributed by atoms with Gasteiger partial charge in [-0.3, -0.25) is 4.79 Å². The molecule has 35 heavy (non-hydrogen) atoms. The minimum absolute atomic E-state index is 0.0343. The van der Waals surface area contributed by atoms with E-state index >= 15 is 0 Å². The Morgan fingerprint density at radius 1 is 1.17 bits per heavy atom. The number of amides is 1. The van der Waals surface area contributed by atoms with Gasteiger partial charge in [-0.2, -0.15) is 5.10 Å². The molecular weight excluding hydrogens is 448 g/mol. The molecule has 3 heterocycles. The Balaban J connectivity index is 1.55. The molecule has 182 valence electrons. The number of carbonyl (C=O) groups is 2. The molecule has 9 heteroatoms. The third-order valence-corrected chi connectivity index (χ3v) is 5.60. The molecule has 0 unspecified atom stereocenters. The highest BCUT2D eigenvalue weighted by Crippen LogP contribution is 2.30. The van der Waals surface area contributed by atoms with Gasteiger partial charge in [-0.15, -0.1) is 0 Å². The van der Waals surface area contributed by atoms with Crippen molar-refractivity contribution in [2.24, 2.45) is 0 Å². The maximum atomic E-state index is 13.1. The Morgan fingerprint density at radius 3 is 2.63 bits per heavy atom. The second-order valence-corrected chi connectivity index (χ2v) is 8.47. The molecule has 4 aromatic rings. The highest BCUT2D eigenvalue weighted by atomic mass is 16.5. The van der Waals surface area contributed by atoms with Gasteiger partial charge in [0, 0.05) is 23.7 Å². The van der Waals surface area contributed by atoms with E-state index in [4.69, 9.17) is 18.9 Å². The highest BCUT2D eigenvalue weighted by Gasteiger charge is 2.22. The number of benzene rings is 1. The van der Waals surface area contributed by atoms with Crippen molar-refractivity contribution in [1.29, 1.82) is 0 Å². The van der Waals surface area contributed by atoms with Crippen LogP contribution in [0.25, 0.3) is 22.3 Å². The van der Waals surface area contributed by atoms with Crippen molar-refractivity contribution in [2.45, 2.75) is 40.3 Å². The predicted molar refractivity (Wildman–Crippen MR) is 130 cm³/mol. The van der Waals surface area contributed by atoms with Crippen LogP contribution in [0.5, 0.6) is 5.75 Å². The fourth-order valence-electron chi connectivity index (χ4n) is 3.89. The van der Waals surface area contributed by atoms with Crippen molar-refractivity contribution in [1.82, 2.24) is 20.1 Å². The van der Waals surface area contributed by atoms with Gasteiger partial charge in [-0.25, -0.2) is 14.5 Å². The van der Waals surface area contributed by atoms with Crippen LogP contribution in [-0.4, -0.2) is 40.4 Å². The molecule has 1 aromatic carbocycles. The first-order chi connectivity index (χ1) is 16.8. The fraction of sp³-hybridized carbons (Fsp3) is 0.308. The van der Waals surface area contributed by atoms with Crippen LogP contribution >= 0.6 is 0 Å². The number of aromatic nitrogens is 3. The summed E-state index contributed by atoms with van der Waals surface area (Å²) in [5.41, 5.74) is 3.02. The third-order valence-electron chi connectivity index (χ3n) is 5.60. The number of pyridine rings is 1. The van der Waals surface area contributed by atoms with Crippen molar-refractivity contribution in [2.75, 3.05) is 13.7 Å². The third kappa shape index (κ3) is 5.03. The van der Waals surface area contributed by atoms with Gasteiger partial charge >= 0.3 is 5.97 Å². The number of ether oxygens (including phenoxy) is 2. The topological polar surface area (TPSA) is 108 Å². The molecule has 1 N–H and O–H groups in total. The maximum Gasteiger partial charge on any atom is 0.339 e. The molecule has 0 bridgehead atoms. The average Bonchev–Trinajstić information content (AvgIpc) is 3.43. The van der Waals surface area contributed by atoms with E-state index in [2.05, 4.69) is 10.4 Å². The minimum Gasteiger partial charge on any atom is -0.496 e. The normalized spacial score (nSPS) is 11.1. The van der Waals surface area contributed by atoms with Crippen molar-refractivity contribution < 1.29 is 23.5 Å². The molecule has 0 spiro atoms. The molecule has 3 aromatic heterocycles. The van der Waals surface area contributed by atoms with Crippen molar-refractivity contribution in [3.05, 3.63) is 65.2 Å². The van der Waals surface area contributed by atoms with Crippen LogP contribution < -0.4 is 10.1 Å². The van der Waals surface area contributed by atoms with E-state index in [0.717, 1.165) is 16.9 Å². The lowest BCUT2D eigenvalue weighted by Gasteiger charge is -2.11. The second-order valence-electron chi connectivity index (χ2n) is 8.47. The number of nitrogens with zero attached hydrogens (tertiary/aromatic N) is 3. The Labute approximate surface area is 203 Å². The van der Waals surface area contributed by atoms with E-state index in [1.54, 1.807) is 24.1 Å². The zero-order valence-corrected chi connectivity index (χ0v) is 20.4. The van der Waals surface area contributed by atoms with E-state index in [1.165, 1.54) is 0 Å². The number of carbonyl (C=O) groups excluding carboxylic acids is 2. The van der Waals surface area contributed by atoms with E-state index in [1.807, 2.05) is 58.0 Å². The SMILES string of the molecule is COc1ccccc1CNC(=O)COC(=O)c1cc(-c2cc(C)oc2C)nc2c1cnn2C(C)C. The molecular formula is C26H28N4O5. The summed E-state index contributed by atoms with van der Waals surface area (Å²) in [5.74, 6) is 1.05. The molecule has 0 saturated carbocycles. The number of para-hydroxylation sites is 1. The molecule has 0 radical (unpaired) electrons. The maximum absolute atomic E-state index is 13.1. The highest BCUT2D eigenvalue weighted by molar-refractivity contribution is 6.04. The van der Waals surface area contributed by atoms with Gasteiger partial charge in [0.05, 0.1) is 30.0 Å². The van der Waals surface area contributed by atoms with Gasteiger partial charge in [0.2, 0.25) is 0 Å². The number of aryl methyl sites for hydroxylation is 2. The van der Waals surface area contributed by atoms with Crippen LogP contribution in [0.15, 0.2) is 47.0 Å². The second kappa shape index (κ2) is 10.0. The number of methoxy groups -OCH3 is 1. The van der Waals surface area contributed by atoms with Gasteiger partial charge in [-0.1, -0.05) is 18.2 Å². The smallest absolute Gasteiger partial charge is 0.339 e. The predicted octanol–water partition coefficient (Wildman–Crippen LogP) is 4.37. The molecule has 0 aliphatic heterocycles. The van der Waals surface area contributed by atoms with Crippen LogP contribution in [0.3, 0.4) is 0 Å². The molecule has 0 fully saturated rings. The monoisotopic (exact) mass is 476 g/mol. The molecule has 0 atom stereocenters. The molecule has 0 saturated heterocycles. The zero-order valence-electron chi connectivity index (χ0n) is 20.4. The Morgan fingerprint density at radius 2 is 1.94 bits per heavy atom. The van der Waals surface area contributed by atoms with Gasteiger partial charge in [-0.05, 0) is 45.9 Å². The zero-order chi connectivity index (χ0) is 25.1. The molecule has 4 rings (SSSR count). The summed E-state index contributed by atoms with van der Waals surface area (Å²) < 4.78 is 18.1. The first-order valence-electron chi connectivity index (χ1n) is 11.3. The summed E-state index contributed by atoms with van der Waals surface area (Å²) in [5, 5.41) is 7.71. The molecule has 0 aliphatic rings. The molecule has 9 nitrogen and oxygen atoms in total. The van der Waals surface area contributed by atoms with Crippen molar-refractivity contribution in [3.63, 3.8) is 0 Å². The van der Waals surface area contributed by atoms with E-state index in [9.17, 15) is 9.59 Å². The lowest BCUT2D eigenvalue weighted by Crippen LogP contribution is -2.28. The van der Waals surface area contributed by atoms with E-state index in [-0.39, 0.29) is 18.2 Å².